The smallest absolute Gasteiger partial charge is 0.254 e. The van der Waals surface area contributed by atoms with Crippen LogP contribution in [0, 0.1) is 11.8 Å². The first kappa shape index (κ1) is 14.8. The van der Waals surface area contributed by atoms with E-state index in [1.54, 1.807) is 13.8 Å². The summed E-state index contributed by atoms with van der Waals surface area (Å²) in [6.45, 7) is 7.32. The van der Waals surface area contributed by atoms with Crippen molar-refractivity contribution >= 4 is 5.91 Å². The molecule has 4 atom stereocenters. The highest BCUT2D eigenvalue weighted by atomic mass is 16.5. The Bertz CT molecular complexity index is 326. The topological polar surface area (TPSA) is 70.0 Å². The number of carbonyl (C=O) groups excluding carboxylic acids is 1. The first-order valence-corrected chi connectivity index (χ1v) is 7.14. The molecule has 0 spiro atoms. The van der Waals surface area contributed by atoms with Crippen molar-refractivity contribution in [3.63, 3.8) is 0 Å². The predicted molar refractivity (Wildman–Crippen MR) is 70.5 cm³/mol. The summed E-state index contributed by atoms with van der Waals surface area (Å²) in [6, 6.07) is 0. The number of aliphatic hydroxyl groups is 2. The zero-order valence-corrected chi connectivity index (χ0v) is 12.0. The first-order chi connectivity index (χ1) is 8.85. The number of amides is 1. The molecule has 110 valence electrons. The Morgan fingerprint density at radius 3 is 2.11 bits per heavy atom. The van der Waals surface area contributed by atoms with Crippen LogP contribution in [-0.2, 0) is 9.53 Å². The molecule has 5 heteroatoms. The van der Waals surface area contributed by atoms with Gasteiger partial charge < -0.3 is 19.8 Å². The van der Waals surface area contributed by atoms with Crippen LogP contribution in [-0.4, -0.2) is 58.5 Å². The maximum atomic E-state index is 12.4. The predicted octanol–water partition coefficient (Wildman–Crippen LogP) is 0.392. The zero-order chi connectivity index (χ0) is 14.2. The Hall–Kier alpha value is -0.650. The molecule has 1 amide bonds. The summed E-state index contributed by atoms with van der Waals surface area (Å²) >= 11 is 0. The summed E-state index contributed by atoms with van der Waals surface area (Å²) in [7, 11) is 0. The van der Waals surface area contributed by atoms with E-state index < -0.39 is 17.8 Å². The van der Waals surface area contributed by atoms with Gasteiger partial charge in [-0.05, 0) is 45.4 Å². The van der Waals surface area contributed by atoms with Gasteiger partial charge in [0, 0.05) is 19.7 Å². The monoisotopic (exact) mass is 271 g/mol. The number of hydrogen-bond acceptors (Lipinski definition) is 4. The maximum Gasteiger partial charge on any atom is 0.254 e. The van der Waals surface area contributed by atoms with Crippen LogP contribution >= 0.6 is 0 Å². The van der Waals surface area contributed by atoms with Gasteiger partial charge in [-0.3, -0.25) is 4.79 Å². The van der Waals surface area contributed by atoms with Gasteiger partial charge in [-0.25, -0.2) is 0 Å². The van der Waals surface area contributed by atoms with Crippen LogP contribution < -0.4 is 0 Å². The van der Waals surface area contributed by atoms with Crippen LogP contribution in [0.1, 0.15) is 33.6 Å². The van der Waals surface area contributed by atoms with Gasteiger partial charge in [-0.15, -0.1) is 0 Å². The molecule has 0 unspecified atom stereocenters. The minimum atomic E-state index is -0.792. The van der Waals surface area contributed by atoms with Gasteiger partial charge in [-0.1, -0.05) is 0 Å². The van der Waals surface area contributed by atoms with Crippen LogP contribution in [0.25, 0.3) is 0 Å². The molecular formula is C14H25NO4. The number of likely N-dealkylation sites (tertiary alicyclic amines) is 1. The number of nitrogens with zero attached hydrogens (tertiary/aromatic N) is 1. The number of carbonyl (C=O) groups is 1. The average Bonchev–Trinajstić information content (AvgIpc) is 2.71. The molecule has 1 aliphatic carbocycles. The molecule has 0 radical (unpaired) electrons. The fraction of sp³-hybridized carbons (Fsp3) is 0.929. The summed E-state index contributed by atoms with van der Waals surface area (Å²) in [5.41, 5.74) is -0.792. The lowest BCUT2D eigenvalue weighted by Crippen LogP contribution is -2.46. The van der Waals surface area contributed by atoms with E-state index in [1.807, 2.05) is 11.8 Å². The Kier molecular flexibility index (Phi) is 4.18. The number of hydrogen-bond donors (Lipinski definition) is 2. The number of ether oxygens (including phenoxy) is 1. The Balaban J connectivity index is 2.00. The molecule has 5 nitrogen and oxygen atoms in total. The standard InChI is InChI=1S/C14H25NO4/c1-4-19-14(2,3)13(18)15-7-9-5-11(16)12(17)6-10(9)8-15/h9-12,16-17H,4-8H2,1-3H3/t9-,10+,11+,12-. The second kappa shape index (κ2) is 5.38. The lowest BCUT2D eigenvalue weighted by molar-refractivity contribution is -0.152. The third-order valence-corrected chi connectivity index (χ3v) is 4.42. The Morgan fingerprint density at radius 1 is 1.21 bits per heavy atom. The maximum absolute atomic E-state index is 12.4. The molecule has 1 saturated carbocycles. The van der Waals surface area contributed by atoms with E-state index in [0.29, 0.717) is 44.4 Å². The van der Waals surface area contributed by atoms with Crippen molar-refractivity contribution in [1.29, 1.82) is 0 Å². The molecule has 0 bridgehead atoms. The molecule has 2 fully saturated rings. The first-order valence-electron chi connectivity index (χ1n) is 7.14. The SMILES string of the molecule is CCOC(C)(C)C(=O)N1C[C@H]2C[C@H](O)[C@H](O)C[C@H]2C1. The van der Waals surface area contributed by atoms with Crippen LogP contribution in [0.2, 0.25) is 0 Å². The quantitative estimate of drug-likeness (QED) is 0.779. The molecule has 2 rings (SSSR count). The van der Waals surface area contributed by atoms with E-state index in [0.717, 1.165) is 0 Å². The minimum Gasteiger partial charge on any atom is -0.390 e. The highest BCUT2D eigenvalue weighted by molar-refractivity contribution is 5.84. The molecule has 1 heterocycles. The summed E-state index contributed by atoms with van der Waals surface area (Å²) < 4.78 is 5.51. The fourth-order valence-corrected chi connectivity index (χ4v) is 3.38. The van der Waals surface area contributed by atoms with Crippen molar-refractivity contribution in [3.05, 3.63) is 0 Å². The van der Waals surface area contributed by atoms with Crippen LogP contribution in [0.4, 0.5) is 0 Å². The Morgan fingerprint density at radius 2 is 1.68 bits per heavy atom. The lowest BCUT2D eigenvalue weighted by atomic mass is 9.79. The summed E-state index contributed by atoms with van der Waals surface area (Å²) in [6.07, 6.45) is -0.109. The second-order valence-corrected chi connectivity index (χ2v) is 6.28. The van der Waals surface area contributed by atoms with E-state index in [4.69, 9.17) is 4.74 Å². The van der Waals surface area contributed by atoms with Gasteiger partial charge in [0.1, 0.15) is 5.60 Å². The highest BCUT2D eigenvalue weighted by Crippen LogP contribution is 2.37. The molecular weight excluding hydrogens is 246 g/mol. The van der Waals surface area contributed by atoms with Crippen LogP contribution in [0.3, 0.4) is 0 Å². The van der Waals surface area contributed by atoms with Gasteiger partial charge in [0.25, 0.3) is 5.91 Å². The van der Waals surface area contributed by atoms with Gasteiger partial charge in [0.05, 0.1) is 12.2 Å². The molecule has 0 aromatic heterocycles. The van der Waals surface area contributed by atoms with Crippen molar-refractivity contribution in [2.75, 3.05) is 19.7 Å². The van der Waals surface area contributed by atoms with Crippen molar-refractivity contribution < 1.29 is 19.7 Å². The minimum absolute atomic E-state index is 0.00716. The van der Waals surface area contributed by atoms with Crippen LogP contribution in [0.5, 0.6) is 0 Å². The molecule has 2 N–H and O–H groups in total. The summed E-state index contributed by atoms with van der Waals surface area (Å²) in [5.74, 6) is 0.618. The van der Waals surface area contributed by atoms with Gasteiger partial charge in [0.2, 0.25) is 0 Å². The zero-order valence-electron chi connectivity index (χ0n) is 12.0. The van der Waals surface area contributed by atoms with Gasteiger partial charge >= 0.3 is 0 Å². The summed E-state index contributed by atoms with van der Waals surface area (Å²) in [4.78, 5) is 14.3. The third kappa shape index (κ3) is 2.93. The molecule has 1 saturated heterocycles. The lowest BCUT2D eigenvalue weighted by Gasteiger charge is -2.31. The molecule has 19 heavy (non-hydrogen) atoms. The van der Waals surface area contributed by atoms with Gasteiger partial charge in [0.15, 0.2) is 0 Å². The van der Waals surface area contributed by atoms with Crippen LogP contribution in [0.15, 0.2) is 0 Å². The fourth-order valence-electron chi connectivity index (χ4n) is 3.38. The van der Waals surface area contributed by atoms with E-state index in [9.17, 15) is 15.0 Å². The molecule has 0 aromatic rings. The third-order valence-electron chi connectivity index (χ3n) is 4.42. The highest BCUT2D eigenvalue weighted by Gasteiger charge is 2.45. The van der Waals surface area contributed by atoms with E-state index >= 15 is 0 Å². The van der Waals surface area contributed by atoms with E-state index in [1.165, 1.54) is 0 Å². The second-order valence-electron chi connectivity index (χ2n) is 6.28. The van der Waals surface area contributed by atoms with Gasteiger partial charge in [-0.2, -0.15) is 0 Å². The largest absolute Gasteiger partial charge is 0.390 e. The summed E-state index contributed by atoms with van der Waals surface area (Å²) in [5, 5.41) is 19.4. The van der Waals surface area contributed by atoms with Crippen molar-refractivity contribution in [3.8, 4) is 0 Å². The number of fused-ring (bicyclic) bond motifs is 1. The number of rotatable bonds is 3. The number of aliphatic hydroxyl groups excluding tert-OH is 2. The normalized spacial score (nSPS) is 35.3. The van der Waals surface area contributed by atoms with Crippen molar-refractivity contribution in [2.45, 2.75) is 51.4 Å². The Labute approximate surface area is 114 Å². The van der Waals surface area contributed by atoms with E-state index in [-0.39, 0.29) is 5.91 Å². The molecule has 1 aliphatic heterocycles. The van der Waals surface area contributed by atoms with E-state index in [2.05, 4.69) is 0 Å². The average molecular weight is 271 g/mol. The molecule has 0 aromatic carbocycles. The molecule has 2 aliphatic rings. The van der Waals surface area contributed by atoms with Crippen molar-refractivity contribution in [2.24, 2.45) is 11.8 Å². The van der Waals surface area contributed by atoms with Crippen molar-refractivity contribution in [1.82, 2.24) is 4.90 Å².